The number of halogens is 1. The van der Waals surface area contributed by atoms with Gasteiger partial charge in [0.05, 0.1) is 31.1 Å². The fraction of sp³-hybridized carbons (Fsp3) is 0.158. The van der Waals surface area contributed by atoms with E-state index in [1.165, 1.54) is 27.3 Å². The molecule has 0 fully saturated rings. The van der Waals surface area contributed by atoms with Crippen molar-refractivity contribution in [2.24, 2.45) is 0 Å². The first-order chi connectivity index (χ1) is 13.5. The van der Waals surface area contributed by atoms with Crippen molar-refractivity contribution in [1.82, 2.24) is 15.2 Å². The predicted molar refractivity (Wildman–Crippen MR) is 107 cm³/mol. The molecule has 0 unspecified atom stereocenters. The Morgan fingerprint density at radius 3 is 2.57 bits per heavy atom. The SMILES string of the molecule is COc1cc(Nc2cnnc(Nc3cccc(C(C)=O)c3)n2)c(OC)cc1Cl. The van der Waals surface area contributed by atoms with Crippen LogP contribution in [-0.4, -0.2) is 35.2 Å². The summed E-state index contributed by atoms with van der Waals surface area (Å²) in [6, 6.07) is 10.4. The summed E-state index contributed by atoms with van der Waals surface area (Å²) < 4.78 is 10.6. The Balaban J connectivity index is 1.84. The van der Waals surface area contributed by atoms with E-state index >= 15 is 0 Å². The van der Waals surface area contributed by atoms with E-state index in [1.807, 2.05) is 6.07 Å². The molecule has 0 atom stereocenters. The van der Waals surface area contributed by atoms with Crippen LogP contribution >= 0.6 is 11.6 Å². The smallest absolute Gasteiger partial charge is 0.249 e. The van der Waals surface area contributed by atoms with E-state index in [2.05, 4.69) is 25.8 Å². The maximum Gasteiger partial charge on any atom is 0.249 e. The highest BCUT2D eigenvalue weighted by Crippen LogP contribution is 2.37. The molecule has 8 nitrogen and oxygen atoms in total. The van der Waals surface area contributed by atoms with Crippen molar-refractivity contribution in [2.75, 3.05) is 24.9 Å². The van der Waals surface area contributed by atoms with Crippen LogP contribution in [-0.2, 0) is 0 Å². The molecule has 144 valence electrons. The van der Waals surface area contributed by atoms with E-state index in [9.17, 15) is 4.79 Å². The topological polar surface area (TPSA) is 98.3 Å². The van der Waals surface area contributed by atoms with Crippen LogP contribution < -0.4 is 20.1 Å². The Bertz CT molecular complexity index is 1010. The predicted octanol–water partition coefficient (Wildman–Crippen LogP) is 4.23. The molecule has 9 heteroatoms. The number of Topliss-reactive ketones (excluding diaryl/α,β-unsaturated/α-hetero) is 1. The monoisotopic (exact) mass is 399 g/mol. The van der Waals surface area contributed by atoms with Crippen molar-refractivity contribution >= 4 is 40.5 Å². The summed E-state index contributed by atoms with van der Waals surface area (Å²) in [6.07, 6.45) is 1.47. The number of benzene rings is 2. The molecule has 0 aliphatic heterocycles. The zero-order valence-corrected chi connectivity index (χ0v) is 16.2. The average molecular weight is 400 g/mol. The summed E-state index contributed by atoms with van der Waals surface area (Å²) in [5.41, 5.74) is 1.87. The zero-order chi connectivity index (χ0) is 20.1. The van der Waals surface area contributed by atoms with Crippen LogP contribution in [0.3, 0.4) is 0 Å². The van der Waals surface area contributed by atoms with E-state index in [0.717, 1.165) is 0 Å². The number of carbonyl (C=O) groups excluding carboxylic acids is 1. The molecule has 0 radical (unpaired) electrons. The second-order valence-corrected chi connectivity index (χ2v) is 6.15. The molecular formula is C19H18ClN5O3. The summed E-state index contributed by atoms with van der Waals surface area (Å²) >= 11 is 6.13. The maximum absolute atomic E-state index is 11.5. The van der Waals surface area contributed by atoms with E-state index < -0.39 is 0 Å². The summed E-state index contributed by atoms with van der Waals surface area (Å²) in [5.74, 6) is 1.69. The Hall–Kier alpha value is -3.39. The molecule has 0 saturated heterocycles. The maximum atomic E-state index is 11.5. The third-order valence-electron chi connectivity index (χ3n) is 3.82. The number of methoxy groups -OCH3 is 2. The van der Waals surface area contributed by atoms with Gasteiger partial charge in [0.15, 0.2) is 11.6 Å². The number of rotatable bonds is 7. The van der Waals surface area contributed by atoms with Gasteiger partial charge in [-0.3, -0.25) is 4.79 Å². The van der Waals surface area contributed by atoms with Crippen LogP contribution in [0, 0.1) is 0 Å². The molecule has 2 aromatic carbocycles. The number of hydrogen-bond donors (Lipinski definition) is 2. The van der Waals surface area contributed by atoms with Crippen molar-refractivity contribution in [2.45, 2.75) is 6.92 Å². The Kier molecular flexibility index (Phi) is 5.90. The largest absolute Gasteiger partial charge is 0.495 e. The molecule has 0 spiro atoms. The summed E-state index contributed by atoms with van der Waals surface area (Å²) in [7, 11) is 3.07. The van der Waals surface area contributed by atoms with Crippen LogP contribution in [0.15, 0.2) is 42.6 Å². The van der Waals surface area contributed by atoms with Crippen LogP contribution in [0.25, 0.3) is 0 Å². The second kappa shape index (κ2) is 8.53. The molecule has 28 heavy (non-hydrogen) atoms. The lowest BCUT2D eigenvalue weighted by molar-refractivity contribution is 0.101. The van der Waals surface area contributed by atoms with Gasteiger partial charge in [-0.15, -0.1) is 5.10 Å². The molecule has 1 heterocycles. The molecular weight excluding hydrogens is 382 g/mol. The lowest BCUT2D eigenvalue weighted by Gasteiger charge is -2.13. The van der Waals surface area contributed by atoms with Crippen LogP contribution in [0.4, 0.5) is 23.1 Å². The average Bonchev–Trinajstić information content (AvgIpc) is 2.69. The van der Waals surface area contributed by atoms with Gasteiger partial charge in [0, 0.05) is 23.4 Å². The van der Waals surface area contributed by atoms with Gasteiger partial charge in [-0.05, 0) is 19.1 Å². The number of ether oxygens (including phenoxy) is 2. The molecule has 0 amide bonds. The van der Waals surface area contributed by atoms with Crippen molar-refractivity contribution in [3.8, 4) is 11.5 Å². The minimum atomic E-state index is -0.0260. The van der Waals surface area contributed by atoms with Gasteiger partial charge < -0.3 is 20.1 Å². The van der Waals surface area contributed by atoms with Gasteiger partial charge in [-0.2, -0.15) is 10.1 Å². The highest BCUT2D eigenvalue weighted by molar-refractivity contribution is 6.32. The number of nitrogens with zero attached hydrogens (tertiary/aromatic N) is 3. The number of carbonyl (C=O) groups is 1. The first-order valence-electron chi connectivity index (χ1n) is 8.26. The molecule has 0 bridgehead atoms. The van der Waals surface area contributed by atoms with Gasteiger partial charge in [-0.1, -0.05) is 23.7 Å². The van der Waals surface area contributed by atoms with Crippen molar-refractivity contribution in [3.63, 3.8) is 0 Å². The first kappa shape index (κ1) is 19.4. The minimum Gasteiger partial charge on any atom is -0.495 e. The van der Waals surface area contributed by atoms with Gasteiger partial charge >= 0.3 is 0 Å². The van der Waals surface area contributed by atoms with Crippen molar-refractivity contribution < 1.29 is 14.3 Å². The van der Waals surface area contributed by atoms with Crippen LogP contribution in [0.5, 0.6) is 11.5 Å². The first-order valence-corrected chi connectivity index (χ1v) is 8.64. The molecule has 2 N–H and O–H groups in total. The minimum absolute atomic E-state index is 0.0260. The number of aromatic nitrogens is 3. The van der Waals surface area contributed by atoms with E-state index in [0.29, 0.717) is 39.3 Å². The number of ketones is 1. The second-order valence-electron chi connectivity index (χ2n) is 5.74. The molecule has 1 aromatic heterocycles. The Morgan fingerprint density at radius 2 is 1.86 bits per heavy atom. The van der Waals surface area contributed by atoms with Crippen LogP contribution in [0.1, 0.15) is 17.3 Å². The van der Waals surface area contributed by atoms with E-state index in [4.69, 9.17) is 21.1 Å². The molecule has 0 aliphatic carbocycles. The van der Waals surface area contributed by atoms with E-state index in [-0.39, 0.29) is 11.7 Å². The zero-order valence-electron chi connectivity index (χ0n) is 15.5. The van der Waals surface area contributed by atoms with Gasteiger partial charge in [-0.25, -0.2) is 0 Å². The highest BCUT2D eigenvalue weighted by atomic mass is 35.5. The number of hydrogen-bond acceptors (Lipinski definition) is 8. The third-order valence-corrected chi connectivity index (χ3v) is 4.12. The number of nitrogens with one attached hydrogen (secondary N) is 2. The van der Waals surface area contributed by atoms with E-state index in [1.54, 1.807) is 30.3 Å². The Labute approximate surface area is 166 Å². The van der Waals surface area contributed by atoms with Gasteiger partial charge in [0.25, 0.3) is 0 Å². The lowest BCUT2D eigenvalue weighted by Crippen LogP contribution is -2.04. The number of anilines is 4. The fourth-order valence-electron chi connectivity index (χ4n) is 2.46. The quantitative estimate of drug-likeness (QED) is 0.569. The third kappa shape index (κ3) is 4.47. The van der Waals surface area contributed by atoms with Crippen molar-refractivity contribution in [1.29, 1.82) is 0 Å². The van der Waals surface area contributed by atoms with Gasteiger partial charge in [0.2, 0.25) is 5.95 Å². The lowest BCUT2D eigenvalue weighted by atomic mass is 10.1. The molecule has 3 aromatic rings. The Morgan fingerprint density at radius 1 is 1.07 bits per heavy atom. The normalized spacial score (nSPS) is 10.3. The van der Waals surface area contributed by atoms with Crippen LogP contribution in [0.2, 0.25) is 5.02 Å². The highest BCUT2D eigenvalue weighted by Gasteiger charge is 2.12. The summed E-state index contributed by atoms with van der Waals surface area (Å²) in [6.45, 7) is 1.51. The molecule has 0 aliphatic rings. The van der Waals surface area contributed by atoms with Crippen molar-refractivity contribution in [3.05, 3.63) is 53.2 Å². The summed E-state index contributed by atoms with van der Waals surface area (Å²) in [5, 5.41) is 14.5. The standard InChI is InChI=1S/C19H18ClN5O3/c1-11(26)12-5-4-6-13(7-12)22-19-24-18(10-21-25-19)23-15-9-16(27-2)14(20)8-17(15)28-3/h4-10H,1-3H3,(H2,22,23,24,25). The fourth-order valence-corrected chi connectivity index (χ4v) is 2.69. The molecule has 0 saturated carbocycles. The molecule has 3 rings (SSSR count). The van der Waals surface area contributed by atoms with Gasteiger partial charge in [0.1, 0.15) is 11.5 Å². The summed E-state index contributed by atoms with van der Waals surface area (Å²) in [4.78, 5) is 15.9.